The van der Waals surface area contributed by atoms with Gasteiger partial charge < -0.3 is 10.2 Å². The highest BCUT2D eigenvalue weighted by Crippen LogP contribution is 2.26. The fourth-order valence-corrected chi connectivity index (χ4v) is 2.01. The Morgan fingerprint density at radius 1 is 1.38 bits per heavy atom. The summed E-state index contributed by atoms with van der Waals surface area (Å²) in [7, 11) is 2.21. The van der Waals surface area contributed by atoms with Crippen molar-refractivity contribution in [1.29, 1.82) is 0 Å². The average Bonchev–Trinajstić information content (AvgIpc) is 2.07. The van der Waals surface area contributed by atoms with E-state index in [1.807, 2.05) is 0 Å². The Bertz CT molecular complexity index is 223. The van der Waals surface area contributed by atoms with Crippen LogP contribution >= 0.6 is 0 Å². The molecule has 0 radical (unpaired) electrons. The molecular weight excluding hydrogens is 196 g/mol. The summed E-state index contributed by atoms with van der Waals surface area (Å²) in [5.41, 5.74) is 1.48. The van der Waals surface area contributed by atoms with Crippen LogP contribution in [-0.4, -0.2) is 37.1 Å². The maximum Gasteiger partial charge on any atom is 0.0199 e. The number of rotatable bonds is 6. The molecule has 0 bridgehead atoms. The van der Waals surface area contributed by atoms with Crippen LogP contribution in [0.1, 0.15) is 40.0 Å². The first-order valence-corrected chi connectivity index (χ1v) is 6.47. The van der Waals surface area contributed by atoms with Gasteiger partial charge >= 0.3 is 0 Å². The molecule has 0 amide bonds. The summed E-state index contributed by atoms with van der Waals surface area (Å²) in [6, 6.07) is 0. The molecule has 0 aromatic rings. The van der Waals surface area contributed by atoms with Crippen molar-refractivity contribution in [3.63, 3.8) is 0 Å². The number of hydrogen-bond acceptors (Lipinski definition) is 2. The first-order chi connectivity index (χ1) is 7.37. The smallest absolute Gasteiger partial charge is 0.0199 e. The molecule has 0 aromatic carbocycles. The van der Waals surface area contributed by atoms with Crippen LogP contribution in [-0.2, 0) is 0 Å². The van der Waals surface area contributed by atoms with Crippen LogP contribution in [0.3, 0.4) is 0 Å². The lowest BCUT2D eigenvalue weighted by Gasteiger charge is -2.31. The molecule has 2 heteroatoms. The summed E-state index contributed by atoms with van der Waals surface area (Å²) in [5.74, 6) is 0.952. The molecule has 0 aliphatic heterocycles. The van der Waals surface area contributed by atoms with Crippen molar-refractivity contribution >= 4 is 0 Å². The second kappa shape index (κ2) is 5.83. The lowest BCUT2D eigenvalue weighted by Crippen LogP contribution is -2.39. The van der Waals surface area contributed by atoms with E-state index in [2.05, 4.69) is 44.6 Å². The third kappa shape index (κ3) is 5.66. The minimum absolute atomic E-state index is 0.190. The van der Waals surface area contributed by atoms with E-state index in [4.69, 9.17) is 0 Å². The predicted octanol–water partition coefficient (Wildman–Crippen LogP) is 2.66. The lowest BCUT2D eigenvalue weighted by molar-refractivity contribution is 0.214. The average molecular weight is 224 g/mol. The van der Waals surface area contributed by atoms with Gasteiger partial charge in [0.05, 0.1) is 0 Å². The molecule has 1 aliphatic carbocycles. The molecule has 1 aliphatic rings. The largest absolute Gasteiger partial charge is 0.308 e. The first-order valence-electron chi connectivity index (χ1n) is 6.47. The van der Waals surface area contributed by atoms with Gasteiger partial charge in [-0.15, -0.1) is 0 Å². The Kier molecular flexibility index (Phi) is 5.00. The van der Waals surface area contributed by atoms with Crippen molar-refractivity contribution in [1.82, 2.24) is 10.2 Å². The van der Waals surface area contributed by atoms with Crippen LogP contribution in [0, 0.1) is 5.92 Å². The molecule has 1 rings (SSSR count). The summed E-state index contributed by atoms with van der Waals surface area (Å²) in [5, 5.41) is 3.48. The van der Waals surface area contributed by atoms with E-state index in [0.717, 1.165) is 19.0 Å². The molecule has 0 aromatic heterocycles. The fraction of sp³-hybridized carbons (Fsp3) is 0.857. The van der Waals surface area contributed by atoms with Gasteiger partial charge in [-0.3, -0.25) is 0 Å². The normalized spacial score (nSPS) is 17.6. The van der Waals surface area contributed by atoms with Crippen molar-refractivity contribution in [2.75, 3.05) is 26.7 Å². The van der Waals surface area contributed by atoms with Crippen LogP contribution in [0.2, 0.25) is 0 Å². The molecule has 1 N–H and O–H groups in total. The Balaban J connectivity index is 2.12. The summed E-state index contributed by atoms with van der Waals surface area (Å²) < 4.78 is 0. The van der Waals surface area contributed by atoms with Crippen molar-refractivity contribution in [3.8, 4) is 0 Å². The quantitative estimate of drug-likeness (QED) is 0.698. The van der Waals surface area contributed by atoms with Gasteiger partial charge in [0.2, 0.25) is 0 Å². The van der Waals surface area contributed by atoms with Gasteiger partial charge in [0.25, 0.3) is 0 Å². The van der Waals surface area contributed by atoms with E-state index < -0.39 is 0 Å². The van der Waals surface area contributed by atoms with Crippen molar-refractivity contribution in [2.24, 2.45) is 5.92 Å². The summed E-state index contributed by atoms with van der Waals surface area (Å²) >= 11 is 0. The third-order valence-electron chi connectivity index (χ3n) is 3.16. The minimum atomic E-state index is 0.190. The van der Waals surface area contributed by atoms with Gasteiger partial charge in [-0.05, 0) is 52.2 Å². The van der Waals surface area contributed by atoms with Crippen molar-refractivity contribution in [3.05, 3.63) is 12.2 Å². The fourth-order valence-electron chi connectivity index (χ4n) is 2.01. The molecule has 94 valence electrons. The third-order valence-corrected chi connectivity index (χ3v) is 3.16. The molecule has 0 heterocycles. The highest BCUT2D eigenvalue weighted by atomic mass is 15.1. The number of nitrogens with one attached hydrogen (secondary N) is 1. The van der Waals surface area contributed by atoms with Crippen LogP contribution in [0.5, 0.6) is 0 Å². The van der Waals surface area contributed by atoms with Crippen LogP contribution in [0.15, 0.2) is 12.2 Å². The summed E-state index contributed by atoms with van der Waals surface area (Å²) in [4.78, 5) is 2.41. The topological polar surface area (TPSA) is 15.3 Å². The molecule has 0 spiro atoms. The van der Waals surface area contributed by atoms with Gasteiger partial charge in [-0.1, -0.05) is 13.0 Å². The summed E-state index contributed by atoms with van der Waals surface area (Å²) in [6.45, 7) is 13.9. The molecule has 0 atom stereocenters. The highest BCUT2D eigenvalue weighted by molar-refractivity contribution is 5.01. The van der Waals surface area contributed by atoms with E-state index in [1.165, 1.54) is 31.4 Å². The maximum absolute atomic E-state index is 4.14. The minimum Gasteiger partial charge on any atom is -0.308 e. The zero-order chi connectivity index (χ0) is 12.2. The Morgan fingerprint density at radius 3 is 2.44 bits per heavy atom. The Labute approximate surface area is 101 Å². The van der Waals surface area contributed by atoms with Gasteiger partial charge in [-0.2, -0.15) is 0 Å². The molecule has 1 saturated carbocycles. The number of nitrogens with zero attached hydrogens (tertiary/aromatic N) is 1. The molecule has 0 unspecified atom stereocenters. The van der Waals surface area contributed by atoms with Crippen molar-refractivity contribution < 1.29 is 0 Å². The molecule has 16 heavy (non-hydrogen) atoms. The predicted molar refractivity (Wildman–Crippen MR) is 71.7 cm³/mol. The zero-order valence-electron chi connectivity index (χ0n) is 11.5. The number of likely N-dealkylation sites (N-methyl/N-ethyl adjacent to an activating group) is 1. The standard InChI is InChI=1S/C14H28N2/c1-12(9-15-14(2,3)4)10-16(5)11-13-7-6-8-13/h13,15H,1,6-11H2,2-5H3. The van der Waals surface area contributed by atoms with E-state index >= 15 is 0 Å². The van der Waals surface area contributed by atoms with E-state index in [1.54, 1.807) is 0 Å². The number of hydrogen-bond donors (Lipinski definition) is 1. The van der Waals surface area contributed by atoms with E-state index in [-0.39, 0.29) is 5.54 Å². The summed E-state index contributed by atoms with van der Waals surface area (Å²) in [6.07, 6.45) is 4.29. The lowest BCUT2D eigenvalue weighted by atomic mass is 9.85. The Morgan fingerprint density at radius 2 is 2.00 bits per heavy atom. The van der Waals surface area contributed by atoms with Crippen LogP contribution in [0.4, 0.5) is 0 Å². The zero-order valence-corrected chi connectivity index (χ0v) is 11.5. The van der Waals surface area contributed by atoms with Gasteiger partial charge in [0.15, 0.2) is 0 Å². The monoisotopic (exact) mass is 224 g/mol. The second-order valence-electron chi connectivity index (χ2n) is 6.35. The SMILES string of the molecule is C=C(CNC(C)(C)C)CN(C)CC1CCC1. The van der Waals surface area contributed by atoms with Gasteiger partial charge in [0.1, 0.15) is 0 Å². The Hall–Kier alpha value is -0.340. The van der Waals surface area contributed by atoms with E-state index in [9.17, 15) is 0 Å². The maximum atomic E-state index is 4.14. The molecule has 2 nitrogen and oxygen atoms in total. The van der Waals surface area contributed by atoms with Gasteiger partial charge in [-0.25, -0.2) is 0 Å². The van der Waals surface area contributed by atoms with Crippen LogP contribution < -0.4 is 5.32 Å². The van der Waals surface area contributed by atoms with Gasteiger partial charge in [0, 0.05) is 25.2 Å². The van der Waals surface area contributed by atoms with Crippen LogP contribution in [0.25, 0.3) is 0 Å². The first kappa shape index (κ1) is 13.7. The molecule has 1 fully saturated rings. The second-order valence-corrected chi connectivity index (χ2v) is 6.35. The van der Waals surface area contributed by atoms with Crippen molar-refractivity contribution in [2.45, 2.75) is 45.6 Å². The molecule has 0 saturated heterocycles. The van der Waals surface area contributed by atoms with E-state index in [0.29, 0.717) is 0 Å². The highest BCUT2D eigenvalue weighted by Gasteiger charge is 2.19. The molecular formula is C14H28N2.